The molecule has 0 N–H and O–H groups in total. The molecule has 4 bridgehead atoms. The Morgan fingerprint density at radius 3 is 2.46 bits per heavy atom. The first kappa shape index (κ1) is 16.6. The number of ether oxygens (including phenoxy) is 1. The molecule has 2 heteroatoms. The predicted octanol–water partition coefficient (Wildman–Crippen LogP) is 5.60. The molecule has 0 saturated heterocycles. The van der Waals surface area contributed by atoms with Crippen LogP contribution in [0.5, 0.6) is 0 Å². The summed E-state index contributed by atoms with van der Waals surface area (Å²) in [4.78, 5) is 12.9. The number of benzene rings is 2. The maximum atomic E-state index is 12.9. The SMILES string of the molecule is O=C(OCC1CC2CC1C1C3C=CC(C3)C21)c1ccccc1-c1ccccc1. The van der Waals surface area contributed by atoms with E-state index in [1.54, 1.807) is 0 Å². The minimum absolute atomic E-state index is 0.174. The van der Waals surface area contributed by atoms with E-state index in [9.17, 15) is 4.79 Å². The van der Waals surface area contributed by atoms with Crippen molar-refractivity contribution >= 4 is 5.97 Å². The highest BCUT2D eigenvalue weighted by molar-refractivity contribution is 5.97. The number of hydrogen-bond acceptors (Lipinski definition) is 2. The zero-order valence-corrected chi connectivity index (χ0v) is 16.0. The third-order valence-corrected chi connectivity index (χ3v) is 8.07. The molecule has 7 unspecified atom stereocenters. The molecule has 3 saturated carbocycles. The van der Waals surface area contributed by atoms with E-state index in [-0.39, 0.29) is 5.97 Å². The molecule has 0 amide bonds. The van der Waals surface area contributed by atoms with Crippen molar-refractivity contribution in [3.63, 3.8) is 0 Å². The Bertz CT molecular complexity index is 930. The fourth-order valence-electron chi connectivity index (χ4n) is 7.14. The van der Waals surface area contributed by atoms with Crippen molar-refractivity contribution in [1.82, 2.24) is 0 Å². The molecule has 0 aliphatic heterocycles. The average Bonchev–Trinajstić information content (AvgIpc) is 3.52. The van der Waals surface area contributed by atoms with E-state index in [4.69, 9.17) is 4.74 Å². The van der Waals surface area contributed by atoms with E-state index in [0.717, 1.165) is 46.6 Å². The van der Waals surface area contributed by atoms with Gasteiger partial charge in [-0.25, -0.2) is 4.79 Å². The minimum Gasteiger partial charge on any atom is -0.462 e. The molecule has 0 spiro atoms. The third-order valence-electron chi connectivity index (χ3n) is 8.07. The van der Waals surface area contributed by atoms with Crippen LogP contribution in [0.15, 0.2) is 66.7 Å². The molecule has 2 aromatic carbocycles. The Morgan fingerprint density at radius 1 is 0.857 bits per heavy atom. The standard InChI is InChI=1S/C26H26O2/c27-26(22-9-5-4-8-21(22)16-6-2-1-3-7-16)28-15-20-13-19-14-23(20)25-18-11-10-17(12-18)24(19)25/h1-11,17-20,23-25H,12-15H2. The van der Waals surface area contributed by atoms with Crippen LogP contribution in [0.25, 0.3) is 11.1 Å². The lowest BCUT2D eigenvalue weighted by atomic mass is 9.69. The van der Waals surface area contributed by atoms with E-state index < -0.39 is 0 Å². The topological polar surface area (TPSA) is 26.3 Å². The average molecular weight is 370 g/mol. The normalized spacial score (nSPS) is 36.6. The van der Waals surface area contributed by atoms with Crippen molar-refractivity contribution in [1.29, 1.82) is 0 Å². The van der Waals surface area contributed by atoms with Crippen LogP contribution in [0.3, 0.4) is 0 Å². The van der Waals surface area contributed by atoms with Crippen molar-refractivity contribution in [3.05, 3.63) is 72.3 Å². The number of rotatable bonds is 4. The van der Waals surface area contributed by atoms with E-state index in [1.807, 2.05) is 54.6 Å². The minimum atomic E-state index is -0.174. The van der Waals surface area contributed by atoms with Gasteiger partial charge in [0.25, 0.3) is 0 Å². The molecular weight excluding hydrogens is 344 g/mol. The van der Waals surface area contributed by atoms with E-state index in [1.165, 1.54) is 19.3 Å². The van der Waals surface area contributed by atoms with Crippen molar-refractivity contribution in [3.8, 4) is 11.1 Å². The summed E-state index contributed by atoms with van der Waals surface area (Å²) in [7, 11) is 0. The van der Waals surface area contributed by atoms with Gasteiger partial charge >= 0.3 is 5.97 Å². The van der Waals surface area contributed by atoms with Gasteiger partial charge in [-0.05, 0) is 77.9 Å². The van der Waals surface area contributed by atoms with Crippen LogP contribution in [0, 0.1) is 41.4 Å². The fourth-order valence-corrected chi connectivity index (χ4v) is 7.14. The van der Waals surface area contributed by atoms with Crippen molar-refractivity contribution in [2.45, 2.75) is 19.3 Å². The summed E-state index contributed by atoms with van der Waals surface area (Å²) >= 11 is 0. The highest BCUT2D eigenvalue weighted by Gasteiger charge is 2.60. The van der Waals surface area contributed by atoms with Crippen LogP contribution in [0.2, 0.25) is 0 Å². The van der Waals surface area contributed by atoms with E-state index in [0.29, 0.717) is 18.1 Å². The summed E-state index contributed by atoms with van der Waals surface area (Å²) in [6.45, 7) is 0.591. The molecule has 0 heterocycles. The molecule has 6 rings (SSSR count). The van der Waals surface area contributed by atoms with Crippen molar-refractivity contribution in [2.24, 2.45) is 41.4 Å². The first-order chi connectivity index (χ1) is 13.8. The fraction of sp³-hybridized carbons (Fsp3) is 0.423. The Morgan fingerprint density at radius 2 is 1.61 bits per heavy atom. The summed E-state index contributed by atoms with van der Waals surface area (Å²) in [6.07, 6.45) is 8.98. The van der Waals surface area contributed by atoms with Gasteiger partial charge < -0.3 is 4.74 Å². The van der Waals surface area contributed by atoms with Crippen LogP contribution in [-0.2, 0) is 4.74 Å². The number of hydrogen-bond donors (Lipinski definition) is 0. The second kappa shape index (κ2) is 6.34. The Kier molecular flexibility index (Phi) is 3.75. The maximum Gasteiger partial charge on any atom is 0.338 e. The lowest BCUT2D eigenvalue weighted by Crippen LogP contribution is -2.33. The number of fused-ring (bicyclic) bond motifs is 9. The number of esters is 1. The van der Waals surface area contributed by atoms with Crippen molar-refractivity contribution in [2.75, 3.05) is 6.61 Å². The molecular formula is C26H26O2. The molecule has 2 nitrogen and oxygen atoms in total. The van der Waals surface area contributed by atoms with E-state index >= 15 is 0 Å². The van der Waals surface area contributed by atoms with Gasteiger partial charge in [-0.15, -0.1) is 0 Å². The van der Waals surface area contributed by atoms with Gasteiger partial charge in [0.1, 0.15) is 0 Å². The quantitative estimate of drug-likeness (QED) is 0.397. The van der Waals surface area contributed by atoms with Gasteiger partial charge in [0.2, 0.25) is 0 Å². The molecule has 7 atom stereocenters. The second-order valence-corrected chi connectivity index (χ2v) is 9.27. The van der Waals surface area contributed by atoms with Gasteiger partial charge in [-0.2, -0.15) is 0 Å². The maximum absolute atomic E-state index is 12.9. The van der Waals surface area contributed by atoms with Gasteiger partial charge in [0.15, 0.2) is 0 Å². The van der Waals surface area contributed by atoms with Crippen LogP contribution < -0.4 is 0 Å². The summed E-state index contributed by atoms with van der Waals surface area (Å²) in [6, 6.07) is 17.9. The van der Waals surface area contributed by atoms with Gasteiger partial charge in [-0.3, -0.25) is 0 Å². The Hall–Kier alpha value is -2.35. The van der Waals surface area contributed by atoms with Gasteiger partial charge in [0.05, 0.1) is 12.2 Å². The number of allylic oxidation sites excluding steroid dienone is 2. The number of carbonyl (C=O) groups excluding carboxylic acids is 1. The summed E-state index contributed by atoms with van der Waals surface area (Å²) in [5.41, 5.74) is 2.70. The molecule has 3 fully saturated rings. The van der Waals surface area contributed by atoms with Crippen LogP contribution in [0.4, 0.5) is 0 Å². The highest BCUT2D eigenvalue weighted by atomic mass is 16.5. The zero-order valence-electron chi connectivity index (χ0n) is 16.0. The molecule has 142 valence electrons. The zero-order chi connectivity index (χ0) is 18.7. The Balaban J connectivity index is 1.17. The van der Waals surface area contributed by atoms with Crippen LogP contribution in [-0.4, -0.2) is 12.6 Å². The van der Waals surface area contributed by atoms with Gasteiger partial charge in [0, 0.05) is 0 Å². The van der Waals surface area contributed by atoms with Crippen molar-refractivity contribution < 1.29 is 9.53 Å². The monoisotopic (exact) mass is 370 g/mol. The predicted molar refractivity (Wildman–Crippen MR) is 110 cm³/mol. The first-order valence-electron chi connectivity index (χ1n) is 10.8. The lowest BCUT2D eigenvalue weighted by Gasteiger charge is -2.36. The second-order valence-electron chi connectivity index (χ2n) is 9.27. The molecule has 0 radical (unpaired) electrons. The third kappa shape index (κ3) is 2.43. The number of carbonyl (C=O) groups is 1. The first-order valence-corrected chi connectivity index (χ1v) is 10.8. The molecule has 28 heavy (non-hydrogen) atoms. The molecule has 2 aromatic rings. The van der Waals surface area contributed by atoms with Gasteiger partial charge in [-0.1, -0.05) is 60.7 Å². The van der Waals surface area contributed by atoms with Crippen LogP contribution in [0.1, 0.15) is 29.6 Å². The largest absolute Gasteiger partial charge is 0.462 e. The molecule has 4 aliphatic carbocycles. The molecule has 4 aliphatic rings. The lowest BCUT2D eigenvalue weighted by molar-refractivity contribution is 0.0308. The smallest absolute Gasteiger partial charge is 0.338 e. The Labute approximate surface area is 166 Å². The summed E-state index contributed by atoms with van der Waals surface area (Å²) < 4.78 is 5.90. The van der Waals surface area contributed by atoms with E-state index in [2.05, 4.69) is 12.2 Å². The highest BCUT2D eigenvalue weighted by Crippen LogP contribution is 2.66. The molecule has 0 aromatic heterocycles. The van der Waals surface area contributed by atoms with Crippen LogP contribution >= 0.6 is 0 Å². The summed E-state index contributed by atoms with van der Waals surface area (Å²) in [5.74, 6) is 5.49. The summed E-state index contributed by atoms with van der Waals surface area (Å²) in [5, 5.41) is 0.